The number of hydrogen-bond acceptors (Lipinski definition) is 6. The van der Waals surface area contributed by atoms with Crippen LogP contribution in [-0.4, -0.2) is 52.9 Å². The molecule has 3 aliphatic rings. The summed E-state index contributed by atoms with van der Waals surface area (Å²) in [5, 5.41) is 19.2. The van der Waals surface area contributed by atoms with Gasteiger partial charge in [0.25, 0.3) is 0 Å². The van der Waals surface area contributed by atoms with Gasteiger partial charge in [0.2, 0.25) is 5.95 Å². The number of benzene rings is 2. The number of nitrogens with zero attached hydrogens (tertiary/aromatic N) is 7. The first-order valence-corrected chi connectivity index (χ1v) is 10.8. The minimum Gasteiger partial charge on any atom is -0.369 e. The lowest BCUT2D eigenvalue weighted by molar-refractivity contribution is 0.154. The summed E-state index contributed by atoms with van der Waals surface area (Å²) in [6, 6.07) is 16.2. The minimum atomic E-state index is 0.263. The molecule has 3 aliphatic heterocycles. The number of nitriles is 1. The van der Waals surface area contributed by atoms with Crippen LogP contribution in [0.3, 0.4) is 0 Å². The van der Waals surface area contributed by atoms with Gasteiger partial charge in [-0.3, -0.25) is 9.47 Å². The average molecular weight is 432 g/mol. The third-order valence-corrected chi connectivity index (χ3v) is 6.84. The summed E-state index contributed by atoms with van der Waals surface area (Å²) in [4.78, 5) is 6.88. The predicted molar refractivity (Wildman–Crippen MR) is 120 cm³/mol. The lowest BCUT2D eigenvalue weighted by Crippen LogP contribution is -2.73. The van der Waals surface area contributed by atoms with Gasteiger partial charge < -0.3 is 9.80 Å². The summed E-state index contributed by atoms with van der Waals surface area (Å²) >= 11 is 6.27. The monoisotopic (exact) mass is 431 g/mol. The maximum absolute atomic E-state index is 9.39. The number of halogens is 1. The third-order valence-electron chi connectivity index (χ3n) is 6.60. The van der Waals surface area contributed by atoms with Crippen LogP contribution < -0.4 is 9.80 Å². The molecule has 4 heterocycles. The minimum absolute atomic E-state index is 0.263. The highest BCUT2D eigenvalue weighted by atomic mass is 35.5. The van der Waals surface area contributed by atoms with Crippen molar-refractivity contribution in [1.82, 2.24) is 19.7 Å². The number of para-hydroxylation sites is 1. The summed E-state index contributed by atoms with van der Waals surface area (Å²) in [6.07, 6.45) is 0. The topological polar surface area (TPSA) is 64.2 Å². The summed E-state index contributed by atoms with van der Waals surface area (Å²) in [7, 11) is 2.09. The van der Waals surface area contributed by atoms with Crippen LogP contribution in [0.4, 0.5) is 11.6 Å². The molecule has 31 heavy (non-hydrogen) atoms. The molecule has 156 valence electrons. The first kappa shape index (κ1) is 18.7. The summed E-state index contributed by atoms with van der Waals surface area (Å²) in [6.45, 7) is 5.42. The van der Waals surface area contributed by atoms with Gasteiger partial charge in [-0.05, 0) is 42.9 Å². The van der Waals surface area contributed by atoms with E-state index < -0.39 is 0 Å². The molecule has 0 atom stereocenters. The quantitative estimate of drug-likeness (QED) is 0.621. The van der Waals surface area contributed by atoms with E-state index in [0.29, 0.717) is 0 Å². The van der Waals surface area contributed by atoms with E-state index in [4.69, 9.17) is 11.6 Å². The molecule has 2 saturated heterocycles. The zero-order valence-corrected chi connectivity index (χ0v) is 18.0. The zero-order chi connectivity index (χ0) is 21.2. The van der Waals surface area contributed by atoms with Crippen LogP contribution in [0.25, 0.3) is 5.69 Å². The molecule has 7 nitrogen and oxygen atoms in total. The smallest absolute Gasteiger partial charge is 0.231 e. The standard InChI is InChI=1S/C23H22ClN7/c1-28-10-17-8-18(24)6-7-20(17)31-21(11-28)26-27-22(31)30-14-23(15-30)12-29(13-23)19-5-3-2-4-16(19)9-25/h2-8H,10-15H2,1H3. The Bertz CT molecular complexity index is 1210. The van der Waals surface area contributed by atoms with Crippen molar-refractivity contribution in [1.29, 1.82) is 5.26 Å². The summed E-state index contributed by atoms with van der Waals surface area (Å²) < 4.78 is 2.20. The molecule has 1 spiro atoms. The van der Waals surface area contributed by atoms with Gasteiger partial charge in [-0.1, -0.05) is 23.7 Å². The molecular weight excluding hydrogens is 410 g/mol. The fourth-order valence-corrected chi connectivity index (χ4v) is 5.43. The Hall–Kier alpha value is -3.08. The van der Waals surface area contributed by atoms with Crippen molar-refractivity contribution in [2.75, 3.05) is 43.0 Å². The molecule has 0 amide bonds. The summed E-state index contributed by atoms with van der Waals surface area (Å²) in [5.41, 5.74) is 4.35. The Morgan fingerprint density at radius 1 is 0.968 bits per heavy atom. The molecule has 0 aliphatic carbocycles. The first-order valence-electron chi connectivity index (χ1n) is 10.5. The molecule has 0 unspecified atom stereocenters. The van der Waals surface area contributed by atoms with Crippen LogP contribution in [0.2, 0.25) is 5.02 Å². The highest BCUT2D eigenvalue weighted by Crippen LogP contribution is 2.44. The van der Waals surface area contributed by atoms with Gasteiger partial charge in [0, 0.05) is 43.2 Å². The second-order valence-electron chi connectivity index (χ2n) is 9.04. The van der Waals surface area contributed by atoms with E-state index in [9.17, 15) is 5.26 Å². The molecule has 0 N–H and O–H groups in total. The fraction of sp³-hybridized carbons (Fsp3) is 0.348. The van der Waals surface area contributed by atoms with Crippen LogP contribution in [0.5, 0.6) is 0 Å². The molecule has 2 fully saturated rings. The Morgan fingerprint density at radius 3 is 2.55 bits per heavy atom. The van der Waals surface area contributed by atoms with Crippen molar-refractivity contribution in [3.8, 4) is 11.8 Å². The molecule has 0 saturated carbocycles. The molecule has 6 rings (SSSR count). The number of rotatable bonds is 2. The maximum atomic E-state index is 9.39. The number of fused-ring (bicyclic) bond motifs is 3. The number of anilines is 2. The number of hydrogen-bond donors (Lipinski definition) is 0. The van der Waals surface area contributed by atoms with Gasteiger partial charge in [0.05, 0.1) is 23.5 Å². The highest BCUT2D eigenvalue weighted by molar-refractivity contribution is 6.30. The van der Waals surface area contributed by atoms with Gasteiger partial charge in [-0.2, -0.15) is 5.26 Å². The van der Waals surface area contributed by atoms with Crippen LogP contribution >= 0.6 is 11.6 Å². The van der Waals surface area contributed by atoms with E-state index in [-0.39, 0.29) is 5.41 Å². The van der Waals surface area contributed by atoms with E-state index in [1.165, 1.54) is 5.56 Å². The average Bonchev–Trinajstić information content (AvgIpc) is 3.03. The SMILES string of the molecule is CN1Cc2cc(Cl)ccc2-n2c(nnc2N2CC3(CN(c4ccccc4C#N)C3)C2)C1. The van der Waals surface area contributed by atoms with Crippen molar-refractivity contribution in [3.63, 3.8) is 0 Å². The van der Waals surface area contributed by atoms with E-state index >= 15 is 0 Å². The molecule has 0 radical (unpaired) electrons. The van der Waals surface area contributed by atoms with E-state index in [2.05, 4.69) is 48.6 Å². The van der Waals surface area contributed by atoms with Gasteiger partial charge in [0.1, 0.15) is 6.07 Å². The third kappa shape index (κ3) is 2.90. The van der Waals surface area contributed by atoms with Crippen molar-refractivity contribution in [3.05, 3.63) is 64.4 Å². The lowest BCUT2D eigenvalue weighted by Gasteiger charge is -2.61. The molecule has 3 aromatic rings. The van der Waals surface area contributed by atoms with Crippen LogP contribution in [0.15, 0.2) is 42.5 Å². The van der Waals surface area contributed by atoms with Crippen molar-refractivity contribution in [2.24, 2.45) is 5.41 Å². The molecule has 0 bridgehead atoms. The van der Waals surface area contributed by atoms with Gasteiger partial charge in [0.15, 0.2) is 5.82 Å². The van der Waals surface area contributed by atoms with Gasteiger partial charge >= 0.3 is 0 Å². The zero-order valence-electron chi connectivity index (χ0n) is 17.3. The Kier molecular flexibility index (Phi) is 4.04. The van der Waals surface area contributed by atoms with Crippen LogP contribution in [-0.2, 0) is 13.1 Å². The number of aromatic nitrogens is 3. The molecule has 2 aromatic carbocycles. The fourth-order valence-electron chi connectivity index (χ4n) is 5.23. The Labute approximate surface area is 186 Å². The Morgan fingerprint density at radius 2 is 1.74 bits per heavy atom. The largest absolute Gasteiger partial charge is 0.369 e. The highest BCUT2D eigenvalue weighted by Gasteiger charge is 2.53. The molecular formula is C23H22ClN7. The summed E-state index contributed by atoms with van der Waals surface area (Å²) in [5.74, 6) is 1.87. The predicted octanol–water partition coefficient (Wildman–Crippen LogP) is 3.06. The van der Waals surface area contributed by atoms with Crippen molar-refractivity contribution >= 4 is 23.2 Å². The van der Waals surface area contributed by atoms with Crippen LogP contribution in [0.1, 0.15) is 17.0 Å². The normalized spacial score (nSPS) is 19.1. The molecule has 1 aromatic heterocycles. The van der Waals surface area contributed by atoms with E-state index in [1.54, 1.807) is 0 Å². The van der Waals surface area contributed by atoms with Gasteiger partial charge in [-0.25, -0.2) is 0 Å². The van der Waals surface area contributed by atoms with Crippen molar-refractivity contribution < 1.29 is 0 Å². The second-order valence-corrected chi connectivity index (χ2v) is 9.47. The lowest BCUT2D eigenvalue weighted by atomic mass is 9.72. The van der Waals surface area contributed by atoms with E-state index in [1.807, 2.05) is 36.4 Å². The maximum Gasteiger partial charge on any atom is 0.231 e. The second kappa shape index (κ2) is 6.71. The van der Waals surface area contributed by atoms with E-state index in [0.717, 1.165) is 73.0 Å². The van der Waals surface area contributed by atoms with Gasteiger partial charge in [-0.15, -0.1) is 10.2 Å². The van der Waals surface area contributed by atoms with Crippen molar-refractivity contribution in [2.45, 2.75) is 13.1 Å². The first-order chi connectivity index (χ1) is 15.0. The Balaban J connectivity index is 1.24. The molecule has 8 heteroatoms. The van der Waals surface area contributed by atoms with Crippen LogP contribution in [0, 0.1) is 16.7 Å².